The van der Waals surface area contributed by atoms with E-state index in [2.05, 4.69) is 5.32 Å². The Bertz CT molecular complexity index is 956. The molecular formula is C20H17ClN2O3S. The molecule has 0 unspecified atom stereocenters. The molecule has 1 amide bonds. The van der Waals surface area contributed by atoms with Gasteiger partial charge in [-0.15, -0.1) is 0 Å². The van der Waals surface area contributed by atoms with E-state index in [9.17, 15) is 4.79 Å². The molecule has 2 aliphatic heterocycles. The number of thiocarbonyl (C=S) groups is 1. The average molecular weight is 401 g/mol. The van der Waals surface area contributed by atoms with E-state index in [-0.39, 0.29) is 5.91 Å². The summed E-state index contributed by atoms with van der Waals surface area (Å²) in [6.07, 6.45) is 2.50. The van der Waals surface area contributed by atoms with Crippen LogP contribution in [0.2, 0.25) is 5.02 Å². The van der Waals surface area contributed by atoms with Gasteiger partial charge in [-0.3, -0.25) is 9.69 Å². The predicted octanol–water partition coefficient (Wildman–Crippen LogP) is 4.07. The van der Waals surface area contributed by atoms with E-state index >= 15 is 0 Å². The summed E-state index contributed by atoms with van der Waals surface area (Å²) in [5, 5.41) is 3.77. The minimum atomic E-state index is -0.216. The number of amides is 1. The van der Waals surface area contributed by atoms with Gasteiger partial charge in [-0.2, -0.15) is 0 Å². The van der Waals surface area contributed by atoms with E-state index in [1.165, 1.54) is 4.90 Å². The molecule has 0 saturated carbocycles. The van der Waals surface area contributed by atoms with Gasteiger partial charge in [0.2, 0.25) is 0 Å². The van der Waals surface area contributed by atoms with Crippen LogP contribution >= 0.6 is 23.8 Å². The number of anilines is 1. The molecular weight excluding hydrogens is 384 g/mol. The van der Waals surface area contributed by atoms with Gasteiger partial charge in [0.05, 0.1) is 23.9 Å². The fraction of sp³-hybridized carbons (Fsp3) is 0.200. The van der Waals surface area contributed by atoms with Crippen LogP contribution in [-0.4, -0.2) is 24.2 Å². The second-order valence-corrected chi connectivity index (χ2v) is 7.14. The average Bonchev–Trinajstić information content (AvgIpc) is 2.81. The van der Waals surface area contributed by atoms with Gasteiger partial charge in [0.1, 0.15) is 5.70 Å². The second-order valence-electron chi connectivity index (χ2n) is 6.34. The quantitative estimate of drug-likeness (QED) is 0.608. The van der Waals surface area contributed by atoms with Crippen LogP contribution in [-0.2, 0) is 4.79 Å². The first-order valence-corrected chi connectivity index (χ1v) is 9.34. The maximum absolute atomic E-state index is 12.9. The standard InChI is InChI=1S/C20H17ClN2O3S/c1-12-3-5-14(6-4-12)23-19(24)16(22-20(23)27)10-13-9-15(21)18-17(11-13)25-7-2-8-26-18/h3-6,9-11H,2,7-8H2,1H3,(H,22,27)/b16-10+. The number of nitrogens with zero attached hydrogens (tertiary/aromatic N) is 1. The topological polar surface area (TPSA) is 50.8 Å². The van der Waals surface area contributed by atoms with Crippen molar-refractivity contribution < 1.29 is 14.3 Å². The lowest BCUT2D eigenvalue weighted by Gasteiger charge is -2.14. The van der Waals surface area contributed by atoms with E-state index in [1.807, 2.05) is 37.3 Å². The molecule has 0 aromatic heterocycles. The fourth-order valence-corrected chi connectivity index (χ4v) is 3.54. The normalized spacial score (nSPS) is 17.9. The number of halogens is 1. The Kier molecular flexibility index (Phi) is 4.76. The SMILES string of the molecule is Cc1ccc(N2C(=O)/C(=C\c3cc(Cl)c4c(c3)OCCCO4)NC2=S)cc1. The number of hydrogen-bond donors (Lipinski definition) is 1. The highest BCUT2D eigenvalue weighted by Crippen LogP contribution is 2.38. The molecule has 0 bridgehead atoms. The zero-order valence-corrected chi connectivity index (χ0v) is 16.2. The zero-order valence-electron chi connectivity index (χ0n) is 14.6. The molecule has 7 heteroatoms. The van der Waals surface area contributed by atoms with Crippen molar-refractivity contribution >= 4 is 46.6 Å². The summed E-state index contributed by atoms with van der Waals surface area (Å²) in [4.78, 5) is 14.3. The molecule has 2 aromatic carbocycles. The number of fused-ring (bicyclic) bond motifs is 1. The van der Waals surface area contributed by atoms with E-state index in [0.29, 0.717) is 40.5 Å². The molecule has 0 atom stereocenters. The third-order valence-electron chi connectivity index (χ3n) is 4.31. The monoisotopic (exact) mass is 400 g/mol. The molecule has 4 rings (SSSR count). The number of carbonyl (C=O) groups excluding carboxylic acids is 1. The van der Waals surface area contributed by atoms with Crippen molar-refractivity contribution in [2.75, 3.05) is 18.1 Å². The van der Waals surface area contributed by atoms with Gasteiger partial charge in [0, 0.05) is 6.42 Å². The van der Waals surface area contributed by atoms with Gasteiger partial charge in [-0.05, 0) is 55.0 Å². The number of benzene rings is 2. The Labute approximate surface area is 167 Å². The summed E-state index contributed by atoms with van der Waals surface area (Å²) in [6, 6.07) is 11.2. The molecule has 1 saturated heterocycles. The van der Waals surface area contributed by atoms with E-state index in [1.54, 1.807) is 12.1 Å². The van der Waals surface area contributed by atoms with Crippen molar-refractivity contribution in [3.05, 3.63) is 58.2 Å². The Morgan fingerprint density at radius 3 is 2.70 bits per heavy atom. The van der Waals surface area contributed by atoms with Crippen LogP contribution in [0.25, 0.3) is 6.08 Å². The zero-order chi connectivity index (χ0) is 19.0. The van der Waals surface area contributed by atoms with Crippen molar-refractivity contribution in [2.45, 2.75) is 13.3 Å². The first-order chi connectivity index (χ1) is 13.0. The van der Waals surface area contributed by atoms with E-state index < -0.39 is 0 Å². The van der Waals surface area contributed by atoms with E-state index in [0.717, 1.165) is 23.2 Å². The highest BCUT2D eigenvalue weighted by atomic mass is 35.5. The van der Waals surface area contributed by atoms with Crippen LogP contribution < -0.4 is 19.7 Å². The van der Waals surface area contributed by atoms with Crippen LogP contribution in [0.4, 0.5) is 5.69 Å². The van der Waals surface area contributed by atoms with E-state index in [4.69, 9.17) is 33.3 Å². The van der Waals surface area contributed by atoms with Gasteiger partial charge in [-0.25, -0.2) is 0 Å². The summed E-state index contributed by atoms with van der Waals surface area (Å²) in [6.45, 7) is 3.12. The number of carbonyl (C=O) groups is 1. The van der Waals surface area contributed by atoms with Crippen molar-refractivity contribution in [3.63, 3.8) is 0 Å². The molecule has 1 fully saturated rings. The van der Waals surface area contributed by atoms with Crippen LogP contribution in [0.15, 0.2) is 42.1 Å². The molecule has 0 aliphatic carbocycles. The third kappa shape index (κ3) is 3.50. The number of aryl methyl sites for hydroxylation is 1. The lowest BCUT2D eigenvalue weighted by atomic mass is 10.1. The molecule has 2 heterocycles. The largest absolute Gasteiger partial charge is 0.489 e. The number of rotatable bonds is 2. The Morgan fingerprint density at radius 1 is 1.19 bits per heavy atom. The van der Waals surface area contributed by atoms with Crippen LogP contribution in [0.5, 0.6) is 11.5 Å². The van der Waals surface area contributed by atoms with Crippen molar-refractivity contribution in [1.82, 2.24) is 5.32 Å². The van der Waals surface area contributed by atoms with Crippen LogP contribution in [0.1, 0.15) is 17.5 Å². The fourth-order valence-electron chi connectivity index (χ4n) is 2.96. The Morgan fingerprint density at radius 2 is 1.93 bits per heavy atom. The minimum Gasteiger partial charge on any atom is -0.489 e. The van der Waals surface area contributed by atoms with Crippen molar-refractivity contribution in [2.24, 2.45) is 0 Å². The molecule has 138 valence electrons. The maximum Gasteiger partial charge on any atom is 0.281 e. The van der Waals surface area contributed by atoms with Gasteiger partial charge in [0.15, 0.2) is 16.6 Å². The van der Waals surface area contributed by atoms with Gasteiger partial charge < -0.3 is 14.8 Å². The molecule has 5 nitrogen and oxygen atoms in total. The highest BCUT2D eigenvalue weighted by molar-refractivity contribution is 7.80. The second kappa shape index (κ2) is 7.21. The Hall–Kier alpha value is -2.57. The molecule has 2 aromatic rings. The third-order valence-corrected chi connectivity index (χ3v) is 4.87. The smallest absolute Gasteiger partial charge is 0.281 e. The first-order valence-electron chi connectivity index (χ1n) is 8.56. The lowest BCUT2D eigenvalue weighted by molar-refractivity contribution is -0.113. The summed E-state index contributed by atoms with van der Waals surface area (Å²) in [5.74, 6) is 0.904. The Balaban J connectivity index is 1.66. The highest BCUT2D eigenvalue weighted by Gasteiger charge is 2.32. The van der Waals surface area contributed by atoms with Crippen LogP contribution in [0.3, 0.4) is 0 Å². The van der Waals surface area contributed by atoms with Crippen LogP contribution in [0, 0.1) is 6.92 Å². The molecule has 0 spiro atoms. The number of nitrogens with one attached hydrogen (secondary N) is 1. The summed E-state index contributed by atoms with van der Waals surface area (Å²) in [5.41, 5.74) is 2.95. The first kappa shape index (κ1) is 17.8. The predicted molar refractivity (Wildman–Crippen MR) is 109 cm³/mol. The molecule has 0 radical (unpaired) electrons. The number of hydrogen-bond acceptors (Lipinski definition) is 4. The van der Waals surface area contributed by atoms with Gasteiger partial charge in [0.25, 0.3) is 5.91 Å². The summed E-state index contributed by atoms with van der Waals surface area (Å²) >= 11 is 11.7. The summed E-state index contributed by atoms with van der Waals surface area (Å²) in [7, 11) is 0. The van der Waals surface area contributed by atoms with Gasteiger partial charge >= 0.3 is 0 Å². The van der Waals surface area contributed by atoms with Crippen molar-refractivity contribution in [1.29, 1.82) is 0 Å². The summed E-state index contributed by atoms with van der Waals surface area (Å²) < 4.78 is 11.3. The minimum absolute atomic E-state index is 0.216. The molecule has 27 heavy (non-hydrogen) atoms. The van der Waals surface area contributed by atoms with Crippen molar-refractivity contribution in [3.8, 4) is 11.5 Å². The van der Waals surface area contributed by atoms with Gasteiger partial charge in [-0.1, -0.05) is 29.3 Å². The lowest BCUT2D eigenvalue weighted by Crippen LogP contribution is -2.30. The number of ether oxygens (including phenoxy) is 2. The molecule has 2 aliphatic rings. The maximum atomic E-state index is 12.9. The molecule has 1 N–H and O–H groups in total.